The van der Waals surface area contributed by atoms with Gasteiger partial charge in [-0.3, -0.25) is 14.4 Å². The van der Waals surface area contributed by atoms with Crippen LogP contribution < -0.4 is 14.4 Å². The molecule has 132 valence electrons. The Morgan fingerprint density at radius 1 is 0.962 bits per heavy atom. The van der Waals surface area contributed by atoms with Crippen LogP contribution in [0.15, 0.2) is 48.5 Å². The highest BCUT2D eigenvalue weighted by Crippen LogP contribution is 2.46. The highest BCUT2D eigenvalue weighted by molar-refractivity contribution is 6.23. The van der Waals surface area contributed by atoms with Gasteiger partial charge in [0.15, 0.2) is 0 Å². The van der Waals surface area contributed by atoms with Crippen molar-refractivity contribution in [1.82, 2.24) is 0 Å². The van der Waals surface area contributed by atoms with Crippen LogP contribution in [-0.4, -0.2) is 24.9 Å². The average Bonchev–Trinajstić information content (AvgIpc) is 2.66. The van der Waals surface area contributed by atoms with Crippen LogP contribution in [0.1, 0.15) is 18.4 Å². The number of carbonyl (C=O) groups is 3. The highest BCUT2D eigenvalue weighted by atomic mass is 16.5. The number of anilines is 1. The van der Waals surface area contributed by atoms with Crippen molar-refractivity contribution in [3.8, 4) is 11.5 Å². The molecule has 0 saturated carbocycles. The number of hydrogen-bond acceptors (Lipinski definition) is 5. The SMILES string of the molecule is COc1ccc(N2C(=O)[C@H]3C(=O)Oc4ccccc4[C@H]3[C@@H](C)C2=O)cc1. The topological polar surface area (TPSA) is 72.9 Å². The van der Waals surface area contributed by atoms with Gasteiger partial charge in [-0.2, -0.15) is 0 Å². The van der Waals surface area contributed by atoms with Crippen molar-refractivity contribution in [3.05, 3.63) is 54.1 Å². The summed E-state index contributed by atoms with van der Waals surface area (Å²) in [7, 11) is 1.54. The van der Waals surface area contributed by atoms with Gasteiger partial charge in [-0.05, 0) is 30.3 Å². The van der Waals surface area contributed by atoms with Gasteiger partial charge in [0, 0.05) is 17.4 Å². The molecule has 2 aliphatic heterocycles. The number of benzene rings is 2. The van der Waals surface area contributed by atoms with E-state index in [4.69, 9.17) is 9.47 Å². The number of esters is 1. The largest absolute Gasteiger partial charge is 0.497 e. The van der Waals surface area contributed by atoms with Crippen molar-refractivity contribution < 1.29 is 23.9 Å². The Labute approximate surface area is 150 Å². The third-order valence-electron chi connectivity index (χ3n) is 5.07. The van der Waals surface area contributed by atoms with E-state index >= 15 is 0 Å². The summed E-state index contributed by atoms with van der Waals surface area (Å²) in [5.41, 5.74) is 1.14. The minimum atomic E-state index is -1.03. The van der Waals surface area contributed by atoms with Crippen LogP contribution in [0.4, 0.5) is 5.69 Å². The van der Waals surface area contributed by atoms with Crippen LogP contribution in [0, 0.1) is 11.8 Å². The molecule has 4 rings (SSSR count). The molecule has 2 aliphatic rings. The summed E-state index contributed by atoms with van der Waals surface area (Å²) in [6.07, 6.45) is 0. The smallest absolute Gasteiger partial charge is 0.324 e. The van der Waals surface area contributed by atoms with Gasteiger partial charge in [0.25, 0.3) is 0 Å². The fraction of sp³-hybridized carbons (Fsp3) is 0.250. The first-order chi connectivity index (χ1) is 12.5. The molecule has 0 aliphatic carbocycles. The fourth-order valence-corrected chi connectivity index (χ4v) is 3.75. The van der Waals surface area contributed by atoms with E-state index in [1.54, 1.807) is 49.4 Å². The van der Waals surface area contributed by atoms with E-state index in [0.29, 0.717) is 17.2 Å². The summed E-state index contributed by atoms with van der Waals surface area (Å²) in [6.45, 7) is 1.75. The lowest BCUT2D eigenvalue weighted by Gasteiger charge is -2.41. The quantitative estimate of drug-likeness (QED) is 0.360. The van der Waals surface area contributed by atoms with Gasteiger partial charge in [-0.15, -0.1) is 0 Å². The standard InChI is InChI=1S/C20H17NO5/c1-11-16-14-5-3-4-6-15(14)26-20(24)17(16)19(23)21(18(11)22)12-7-9-13(25-2)10-8-12/h3-11,16-17H,1-2H3/t11-,16-,17+/m1/s1. The number of piperidine rings is 1. The summed E-state index contributed by atoms with van der Waals surface area (Å²) < 4.78 is 10.5. The molecule has 2 heterocycles. The van der Waals surface area contributed by atoms with E-state index in [2.05, 4.69) is 0 Å². The van der Waals surface area contributed by atoms with E-state index in [9.17, 15) is 14.4 Å². The summed E-state index contributed by atoms with van der Waals surface area (Å²) in [6, 6.07) is 13.6. The van der Waals surface area contributed by atoms with Crippen molar-refractivity contribution in [2.75, 3.05) is 12.0 Å². The molecule has 0 radical (unpaired) electrons. The zero-order valence-corrected chi connectivity index (χ0v) is 14.3. The first kappa shape index (κ1) is 16.3. The number of ether oxygens (including phenoxy) is 2. The molecule has 1 saturated heterocycles. The Morgan fingerprint density at radius 2 is 1.65 bits per heavy atom. The fourth-order valence-electron chi connectivity index (χ4n) is 3.75. The number of carbonyl (C=O) groups excluding carboxylic acids is 3. The molecule has 2 aromatic carbocycles. The first-order valence-electron chi connectivity index (χ1n) is 8.35. The van der Waals surface area contributed by atoms with Gasteiger partial charge in [0.1, 0.15) is 17.4 Å². The molecule has 2 aromatic rings. The molecule has 2 amide bonds. The van der Waals surface area contributed by atoms with Crippen LogP contribution >= 0.6 is 0 Å². The second kappa shape index (κ2) is 5.98. The minimum Gasteiger partial charge on any atom is -0.497 e. The average molecular weight is 351 g/mol. The van der Waals surface area contributed by atoms with Gasteiger partial charge in [0.2, 0.25) is 11.8 Å². The number of fused-ring (bicyclic) bond motifs is 3. The maximum absolute atomic E-state index is 13.1. The third kappa shape index (κ3) is 2.29. The summed E-state index contributed by atoms with van der Waals surface area (Å²) >= 11 is 0. The Morgan fingerprint density at radius 3 is 2.35 bits per heavy atom. The van der Waals surface area contributed by atoms with Crippen LogP contribution in [0.5, 0.6) is 11.5 Å². The molecular formula is C20H17NO5. The number of rotatable bonds is 2. The molecular weight excluding hydrogens is 334 g/mol. The molecule has 1 fully saturated rings. The lowest BCUT2D eigenvalue weighted by molar-refractivity contribution is -0.151. The van der Waals surface area contributed by atoms with E-state index in [0.717, 1.165) is 10.5 Å². The van der Waals surface area contributed by atoms with Crippen LogP contribution in [0.25, 0.3) is 0 Å². The van der Waals surface area contributed by atoms with Crippen molar-refractivity contribution in [2.24, 2.45) is 11.8 Å². The Bertz CT molecular complexity index is 905. The van der Waals surface area contributed by atoms with Gasteiger partial charge in [-0.1, -0.05) is 25.1 Å². The number of amides is 2. The molecule has 0 unspecified atom stereocenters. The molecule has 0 aromatic heterocycles. The van der Waals surface area contributed by atoms with E-state index in [-0.39, 0.29) is 5.91 Å². The second-order valence-electron chi connectivity index (χ2n) is 6.46. The second-order valence-corrected chi connectivity index (χ2v) is 6.46. The van der Waals surface area contributed by atoms with E-state index < -0.39 is 29.6 Å². The first-order valence-corrected chi connectivity index (χ1v) is 8.35. The van der Waals surface area contributed by atoms with E-state index in [1.165, 1.54) is 7.11 Å². The lowest BCUT2D eigenvalue weighted by atomic mass is 9.72. The number of nitrogens with zero attached hydrogens (tertiary/aromatic N) is 1. The summed E-state index contributed by atoms with van der Waals surface area (Å²) in [5, 5.41) is 0. The Balaban J connectivity index is 1.78. The van der Waals surface area contributed by atoms with Gasteiger partial charge in [-0.25, -0.2) is 4.90 Å². The zero-order valence-electron chi connectivity index (χ0n) is 14.3. The van der Waals surface area contributed by atoms with E-state index in [1.807, 2.05) is 6.07 Å². The van der Waals surface area contributed by atoms with Crippen LogP contribution in [0.2, 0.25) is 0 Å². The molecule has 26 heavy (non-hydrogen) atoms. The predicted octanol–water partition coefficient (Wildman–Crippen LogP) is 2.52. The summed E-state index contributed by atoms with van der Waals surface area (Å²) in [5.74, 6) is -2.53. The normalized spacial score (nSPS) is 24.6. The van der Waals surface area contributed by atoms with Gasteiger partial charge < -0.3 is 9.47 Å². The van der Waals surface area contributed by atoms with Crippen LogP contribution in [-0.2, 0) is 14.4 Å². The van der Waals surface area contributed by atoms with Crippen molar-refractivity contribution in [3.63, 3.8) is 0 Å². The number of hydrogen-bond donors (Lipinski definition) is 0. The molecule has 0 N–H and O–H groups in total. The highest BCUT2D eigenvalue weighted by Gasteiger charge is 2.54. The summed E-state index contributed by atoms with van der Waals surface area (Å²) in [4.78, 5) is 39.7. The third-order valence-corrected chi connectivity index (χ3v) is 5.07. The number of para-hydroxylation sites is 1. The molecule has 3 atom stereocenters. The maximum Gasteiger partial charge on any atom is 0.324 e. The van der Waals surface area contributed by atoms with Gasteiger partial charge in [0.05, 0.1) is 12.8 Å². The van der Waals surface area contributed by atoms with Crippen molar-refractivity contribution in [1.29, 1.82) is 0 Å². The van der Waals surface area contributed by atoms with Crippen molar-refractivity contribution in [2.45, 2.75) is 12.8 Å². The van der Waals surface area contributed by atoms with Crippen molar-refractivity contribution >= 4 is 23.5 Å². The monoisotopic (exact) mass is 351 g/mol. The van der Waals surface area contributed by atoms with Gasteiger partial charge >= 0.3 is 5.97 Å². The minimum absolute atomic E-state index is 0.328. The zero-order chi connectivity index (χ0) is 18.4. The number of imide groups is 1. The molecule has 0 bridgehead atoms. The molecule has 0 spiro atoms. The maximum atomic E-state index is 13.1. The molecule has 6 heteroatoms. The predicted molar refractivity (Wildman–Crippen MR) is 93.0 cm³/mol. The Kier molecular flexibility index (Phi) is 3.76. The molecule has 6 nitrogen and oxygen atoms in total. The van der Waals surface area contributed by atoms with Crippen LogP contribution in [0.3, 0.4) is 0 Å². The lowest BCUT2D eigenvalue weighted by Crippen LogP contribution is -2.57. The Hall–Kier alpha value is -3.15. The number of methoxy groups -OCH3 is 1.